The Kier molecular flexibility index (Phi) is 4.19. The van der Waals surface area contributed by atoms with Gasteiger partial charge in [-0.25, -0.2) is 0 Å². The molecule has 0 unspecified atom stereocenters. The van der Waals surface area contributed by atoms with Gasteiger partial charge in [0.05, 0.1) is 15.7 Å². The number of anilines is 1. The van der Waals surface area contributed by atoms with E-state index in [0.717, 1.165) is 0 Å². The number of rotatable bonds is 3. The van der Waals surface area contributed by atoms with Crippen LogP contribution >= 0.6 is 23.2 Å². The lowest BCUT2D eigenvalue weighted by atomic mass is 10.0. The van der Waals surface area contributed by atoms with Gasteiger partial charge in [0.25, 0.3) is 0 Å². The van der Waals surface area contributed by atoms with Gasteiger partial charge in [0.15, 0.2) is 0 Å². The summed E-state index contributed by atoms with van der Waals surface area (Å²) in [6.45, 7) is 3.57. The average molecular weight is 261 g/mol. The van der Waals surface area contributed by atoms with Crippen molar-refractivity contribution in [2.24, 2.45) is 5.73 Å². The molecule has 16 heavy (non-hydrogen) atoms. The van der Waals surface area contributed by atoms with Crippen molar-refractivity contribution in [2.45, 2.75) is 25.8 Å². The molecule has 1 aromatic rings. The minimum absolute atomic E-state index is 0.184. The summed E-state index contributed by atoms with van der Waals surface area (Å²) in [6.07, 6.45) is 0.218. The monoisotopic (exact) mass is 260 g/mol. The van der Waals surface area contributed by atoms with Crippen LogP contribution in [0.2, 0.25) is 10.0 Å². The van der Waals surface area contributed by atoms with E-state index in [1.54, 1.807) is 32.0 Å². The van der Waals surface area contributed by atoms with Gasteiger partial charge < -0.3 is 11.1 Å². The van der Waals surface area contributed by atoms with Crippen LogP contribution in [0.5, 0.6) is 0 Å². The Bertz CT molecular complexity index is 399. The van der Waals surface area contributed by atoms with Gasteiger partial charge in [-0.15, -0.1) is 0 Å². The molecule has 0 aliphatic carbocycles. The predicted molar refractivity (Wildman–Crippen MR) is 68.0 cm³/mol. The molecule has 0 aliphatic rings. The maximum atomic E-state index is 11.6. The zero-order valence-electron chi connectivity index (χ0n) is 9.18. The standard InChI is InChI=1S/C11H14Cl2N2O/c1-11(2,14)6-9(16)15-8-5-3-4-7(12)10(8)13/h3-5H,6,14H2,1-2H3,(H,15,16). The lowest BCUT2D eigenvalue weighted by molar-refractivity contribution is -0.117. The fourth-order valence-electron chi connectivity index (χ4n) is 1.21. The van der Waals surface area contributed by atoms with Crippen molar-refractivity contribution in [3.8, 4) is 0 Å². The molecule has 3 N–H and O–H groups in total. The molecule has 0 atom stereocenters. The molecule has 0 spiro atoms. The van der Waals surface area contributed by atoms with Crippen LogP contribution in [0.15, 0.2) is 18.2 Å². The van der Waals surface area contributed by atoms with Crippen molar-refractivity contribution in [3.63, 3.8) is 0 Å². The van der Waals surface area contributed by atoms with Crippen molar-refractivity contribution >= 4 is 34.8 Å². The Morgan fingerprint density at radius 1 is 1.44 bits per heavy atom. The van der Waals surface area contributed by atoms with Crippen molar-refractivity contribution in [3.05, 3.63) is 28.2 Å². The first-order chi connectivity index (χ1) is 7.29. The summed E-state index contributed by atoms with van der Waals surface area (Å²) < 4.78 is 0. The molecule has 1 aromatic carbocycles. The van der Waals surface area contributed by atoms with E-state index >= 15 is 0 Å². The normalized spacial score (nSPS) is 11.3. The minimum Gasteiger partial charge on any atom is -0.325 e. The molecule has 1 amide bonds. The Balaban J connectivity index is 2.74. The van der Waals surface area contributed by atoms with E-state index in [1.165, 1.54) is 0 Å². The number of carbonyl (C=O) groups excluding carboxylic acids is 1. The van der Waals surface area contributed by atoms with Crippen molar-refractivity contribution in [2.75, 3.05) is 5.32 Å². The van der Waals surface area contributed by atoms with Gasteiger partial charge >= 0.3 is 0 Å². The SMILES string of the molecule is CC(C)(N)CC(=O)Nc1cccc(Cl)c1Cl. The molecule has 1 rings (SSSR count). The average Bonchev–Trinajstić information content (AvgIpc) is 2.09. The van der Waals surface area contributed by atoms with E-state index in [-0.39, 0.29) is 12.3 Å². The van der Waals surface area contributed by atoms with E-state index in [4.69, 9.17) is 28.9 Å². The van der Waals surface area contributed by atoms with Crippen LogP contribution in [-0.4, -0.2) is 11.4 Å². The van der Waals surface area contributed by atoms with Crippen molar-refractivity contribution < 1.29 is 4.79 Å². The van der Waals surface area contributed by atoms with Crippen LogP contribution in [0.4, 0.5) is 5.69 Å². The van der Waals surface area contributed by atoms with Gasteiger partial charge in [-0.1, -0.05) is 29.3 Å². The van der Waals surface area contributed by atoms with Gasteiger partial charge in [-0.05, 0) is 26.0 Å². The smallest absolute Gasteiger partial charge is 0.226 e. The predicted octanol–water partition coefficient (Wildman–Crippen LogP) is 3.06. The summed E-state index contributed by atoms with van der Waals surface area (Å²) in [4.78, 5) is 11.6. The zero-order valence-corrected chi connectivity index (χ0v) is 10.7. The van der Waals surface area contributed by atoms with E-state index < -0.39 is 5.54 Å². The Morgan fingerprint density at radius 3 is 2.62 bits per heavy atom. The van der Waals surface area contributed by atoms with Crippen LogP contribution in [0.1, 0.15) is 20.3 Å². The number of halogens is 2. The number of hydrogen-bond donors (Lipinski definition) is 2. The van der Waals surface area contributed by atoms with Crippen molar-refractivity contribution in [1.29, 1.82) is 0 Å². The first-order valence-electron chi connectivity index (χ1n) is 4.82. The number of carbonyl (C=O) groups is 1. The molecule has 3 nitrogen and oxygen atoms in total. The third-order valence-electron chi connectivity index (χ3n) is 1.84. The second-order valence-electron chi connectivity index (χ2n) is 4.31. The van der Waals surface area contributed by atoms with E-state index in [2.05, 4.69) is 5.32 Å². The molecule has 0 heterocycles. The molecule has 0 aliphatic heterocycles. The quantitative estimate of drug-likeness (QED) is 0.878. The number of nitrogens with one attached hydrogen (secondary N) is 1. The summed E-state index contributed by atoms with van der Waals surface area (Å²) in [5.41, 5.74) is 5.69. The third kappa shape index (κ3) is 4.00. The lowest BCUT2D eigenvalue weighted by Crippen LogP contribution is -2.36. The highest BCUT2D eigenvalue weighted by atomic mass is 35.5. The van der Waals surface area contributed by atoms with Crippen molar-refractivity contribution in [1.82, 2.24) is 0 Å². The highest BCUT2D eigenvalue weighted by Gasteiger charge is 2.17. The van der Waals surface area contributed by atoms with Crippen LogP contribution in [-0.2, 0) is 4.79 Å². The highest BCUT2D eigenvalue weighted by Crippen LogP contribution is 2.29. The Morgan fingerprint density at radius 2 is 2.06 bits per heavy atom. The summed E-state index contributed by atoms with van der Waals surface area (Å²) in [7, 11) is 0. The summed E-state index contributed by atoms with van der Waals surface area (Å²) >= 11 is 11.8. The van der Waals surface area contributed by atoms with Crippen LogP contribution in [0.3, 0.4) is 0 Å². The molecule has 88 valence electrons. The molecule has 0 aromatic heterocycles. The summed E-state index contributed by atoms with van der Waals surface area (Å²) in [5.74, 6) is -0.184. The number of amides is 1. The molecular weight excluding hydrogens is 247 g/mol. The molecule has 0 saturated carbocycles. The second kappa shape index (κ2) is 5.04. The fourth-order valence-corrected chi connectivity index (χ4v) is 1.56. The largest absolute Gasteiger partial charge is 0.325 e. The Hall–Kier alpha value is -0.770. The van der Waals surface area contributed by atoms with Gasteiger partial charge in [-0.2, -0.15) is 0 Å². The first-order valence-corrected chi connectivity index (χ1v) is 5.58. The maximum Gasteiger partial charge on any atom is 0.226 e. The van der Waals surface area contributed by atoms with Crippen LogP contribution in [0.25, 0.3) is 0 Å². The van der Waals surface area contributed by atoms with E-state index in [1.807, 2.05) is 0 Å². The molecule has 0 fully saturated rings. The van der Waals surface area contributed by atoms with E-state index in [9.17, 15) is 4.79 Å². The van der Waals surface area contributed by atoms with Crippen LogP contribution < -0.4 is 11.1 Å². The van der Waals surface area contributed by atoms with Crippen LogP contribution in [0, 0.1) is 0 Å². The fraction of sp³-hybridized carbons (Fsp3) is 0.364. The molecule has 0 bridgehead atoms. The third-order valence-corrected chi connectivity index (χ3v) is 2.66. The number of nitrogens with two attached hydrogens (primary N) is 1. The van der Waals surface area contributed by atoms with Gasteiger partial charge in [0.2, 0.25) is 5.91 Å². The van der Waals surface area contributed by atoms with E-state index in [0.29, 0.717) is 15.7 Å². The highest BCUT2D eigenvalue weighted by molar-refractivity contribution is 6.43. The topological polar surface area (TPSA) is 55.1 Å². The minimum atomic E-state index is -0.546. The Labute approximate surface area is 105 Å². The first kappa shape index (κ1) is 13.3. The van der Waals surface area contributed by atoms with Gasteiger partial charge in [0, 0.05) is 12.0 Å². The molecular formula is C11H14Cl2N2O. The van der Waals surface area contributed by atoms with Gasteiger partial charge in [-0.3, -0.25) is 4.79 Å². The number of benzene rings is 1. The summed E-state index contributed by atoms with van der Waals surface area (Å²) in [6, 6.07) is 5.07. The summed E-state index contributed by atoms with van der Waals surface area (Å²) in [5, 5.41) is 3.42. The maximum absolute atomic E-state index is 11.6. The zero-order chi connectivity index (χ0) is 12.3. The number of hydrogen-bond acceptors (Lipinski definition) is 2. The van der Waals surface area contributed by atoms with Gasteiger partial charge in [0.1, 0.15) is 0 Å². The molecule has 0 radical (unpaired) electrons. The molecule has 5 heteroatoms. The lowest BCUT2D eigenvalue weighted by Gasteiger charge is -2.17. The molecule has 0 saturated heterocycles. The second-order valence-corrected chi connectivity index (χ2v) is 5.10.